The number of anilines is 1. The molecule has 1 fully saturated rings. The number of alkyl halides is 4. The van der Waals surface area contributed by atoms with Crippen LogP contribution in [0.25, 0.3) is 11.2 Å². The van der Waals surface area contributed by atoms with Crippen molar-refractivity contribution in [2.75, 3.05) is 12.3 Å². The van der Waals surface area contributed by atoms with Gasteiger partial charge in [-0.3, -0.25) is 18.2 Å². The van der Waals surface area contributed by atoms with Crippen LogP contribution in [-0.4, -0.2) is 85.6 Å². The van der Waals surface area contributed by atoms with E-state index in [9.17, 15) is 51.3 Å². The molecule has 1 aliphatic heterocycles. The van der Waals surface area contributed by atoms with Gasteiger partial charge in [-0.15, -0.1) is 0 Å². The summed E-state index contributed by atoms with van der Waals surface area (Å²) in [6, 6.07) is 0. The lowest BCUT2D eigenvalue weighted by Crippen LogP contribution is -2.33. The van der Waals surface area contributed by atoms with E-state index in [0.29, 0.717) is 0 Å². The number of halogens is 4. The van der Waals surface area contributed by atoms with Gasteiger partial charge in [0.1, 0.15) is 30.2 Å². The Hall–Kier alpha value is -1.60. The number of nitrogens with zero attached hydrogens (tertiary/aromatic N) is 4. The van der Waals surface area contributed by atoms with Crippen LogP contribution in [0.1, 0.15) is 25.5 Å². The average molecular weight is 633 g/mol. The van der Waals surface area contributed by atoms with Crippen molar-refractivity contribution in [3.63, 3.8) is 0 Å². The first-order chi connectivity index (χ1) is 17.7. The zero-order chi connectivity index (χ0) is 29.6. The van der Waals surface area contributed by atoms with Crippen LogP contribution in [0, 0.1) is 0 Å². The molecule has 39 heavy (non-hydrogen) atoms. The fraction of sp³-hybridized carbons (Fsp3) is 0.667. The zero-order valence-corrected chi connectivity index (χ0v) is 21.8. The van der Waals surface area contributed by atoms with E-state index in [-0.39, 0.29) is 17.0 Å². The molecule has 3 heterocycles. The lowest BCUT2D eigenvalue weighted by Gasteiger charge is -2.25. The average Bonchev–Trinajstić information content (AvgIpc) is 3.33. The summed E-state index contributed by atoms with van der Waals surface area (Å²) in [4.78, 5) is 47.8. The highest BCUT2D eigenvalue weighted by Gasteiger charge is 2.56. The summed E-state index contributed by atoms with van der Waals surface area (Å²) in [7, 11) is -18.2. The maximum Gasteiger partial charge on any atom is 0.479 e. The number of fused-ring (bicyclic) bond motifs is 1. The van der Waals surface area contributed by atoms with Gasteiger partial charge >= 0.3 is 34.3 Å². The molecular weight excluding hydrogens is 611 g/mol. The Morgan fingerprint density at radius 1 is 1.00 bits per heavy atom. The van der Waals surface area contributed by atoms with Crippen molar-refractivity contribution in [3.8, 4) is 0 Å². The Morgan fingerprint density at radius 2 is 1.62 bits per heavy atom. The van der Waals surface area contributed by atoms with Crippen molar-refractivity contribution >= 4 is 40.0 Å². The van der Waals surface area contributed by atoms with Crippen LogP contribution in [0.3, 0.4) is 0 Å². The Labute approximate surface area is 214 Å². The van der Waals surface area contributed by atoms with Crippen molar-refractivity contribution in [3.05, 3.63) is 12.7 Å². The van der Waals surface area contributed by atoms with Crippen LogP contribution in [0.15, 0.2) is 12.7 Å². The summed E-state index contributed by atoms with van der Waals surface area (Å²) in [5, 5.41) is 20.6. The minimum atomic E-state index is -6.41. The third-order valence-electron chi connectivity index (χ3n) is 5.41. The molecule has 2 aromatic heterocycles. The number of nitrogens with two attached hydrogens (primary N) is 1. The van der Waals surface area contributed by atoms with Gasteiger partial charge in [0.25, 0.3) is 0 Å². The normalized spacial score (nSPS) is 26.0. The van der Waals surface area contributed by atoms with E-state index in [4.69, 9.17) is 20.3 Å². The monoisotopic (exact) mass is 633 g/mol. The van der Waals surface area contributed by atoms with E-state index in [1.807, 2.05) is 0 Å². The van der Waals surface area contributed by atoms with E-state index in [1.54, 1.807) is 0 Å². The third kappa shape index (κ3) is 6.83. The number of aliphatic hydroxyl groups excluding tert-OH is 2. The molecule has 6 atom stereocenters. The first-order valence-electron chi connectivity index (χ1n) is 10.5. The molecule has 17 nitrogen and oxygen atoms in total. The lowest BCUT2D eigenvalue weighted by molar-refractivity contribution is -0.0505. The molecule has 24 heteroatoms. The van der Waals surface area contributed by atoms with Gasteiger partial charge in [-0.1, -0.05) is 0 Å². The Balaban J connectivity index is 1.62. The number of phosphoric ester groups is 1. The van der Waals surface area contributed by atoms with Crippen LogP contribution < -0.4 is 5.73 Å². The van der Waals surface area contributed by atoms with Crippen LogP contribution in [0.5, 0.6) is 0 Å². The Morgan fingerprint density at radius 3 is 2.23 bits per heavy atom. The highest BCUT2D eigenvalue weighted by molar-refractivity contribution is 7.64. The molecule has 0 bridgehead atoms. The standard InChI is InChI=1S/C15H22F4N5O12P3/c16-14(17,37(27,28)29)2-1-3-15(18,19)38(30,31)36-39(32,33)34-4-7-9(25)10(26)13(35-7)24-6-23-8-11(20)21-5-22-12(8)24/h5-7,9-10,13,25-26H,1-4H2,(H,30,31)(H,32,33)(H2,20,21,22)(H2,27,28,29). The van der Waals surface area contributed by atoms with Crippen LogP contribution in [0.2, 0.25) is 0 Å². The van der Waals surface area contributed by atoms with Gasteiger partial charge in [-0.25, -0.2) is 23.8 Å². The number of rotatable bonds is 12. The molecule has 0 aliphatic carbocycles. The maximum absolute atomic E-state index is 14.1. The smallest absolute Gasteiger partial charge is 0.387 e. The summed E-state index contributed by atoms with van der Waals surface area (Å²) in [5.41, 5.74) is -3.78. The minimum absolute atomic E-state index is 0.0224. The highest BCUT2D eigenvalue weighted by Crippen LogP contribution is 2.69. The molecule has 3 rings (SSSR count). The number of nitrogen functional groups attached to an aromatic ring is 1. The van der Waals surface area contributed by atoms with Gasteiger partial charge in [0.15, 0.2) is 17.7 Å². The van der Waals surface area contributed by atoms with Gasteiger partial charge in [-0.2, -0.15) is 17.6 Å². The Bertz CT molecular complexity index is 1340. The van der Waals surface area contributed by atoms with Gasteiger partial charge in [0.05, 0.1) is 12.9 Å². The van der Waals surface area contributed by atoms with Gasteiger partial charge in [0, 0.05) is 12.8 Å². The van der Waals surface area contributed by atoms with Gasteiger partial charge < -0.3 is 40.3 Å². The summed E-state index contributed by atoms with van der Waals surface area (Å²) < 4.78 is 104. The molecule has 0 radical (unpaired) electrons. The summed E-state index contributed by atoms with van der Waals surface area (Å²) in [5.74, 6) is -0.0224. The second-order valence-electron chi connectivity index (χ2n) is 8.22. The molecule has 6 unspecified atom stereocenters. The molecule has 0 spiro atoms. The first-order valence-corrected chi connectivity index (χ1v) is 15.1. The second kappa shape index (κ2) is 11.0. The lowest BCUT2D eigenvalue weighted by atomic mass is 10.1. The number of hydrogen-bond acceptors (Lipinski definition) is 12. The summed E-state index contributed by atoms with van der Waals surface area (Å²) >= 11 is 0. The first kappa shape index (κ1) is 31.9. The van der Waals surface area contributed by atoms with Crippen LogP contribution in [-0.2, 0) is 27.3 Å². The maximum atomic E-state index is 14.1. The number of aromatic nitrogens is 4. The van der Waals surface area contributed by atoms with Crippen molar-refractivity contribution in [1.29, 1.82) is 0 Å². The predicted octanol–water partition coefficient (Wildman–Crippen LogP) is 0.880. The minimum Gasteiger partial charge on any atom is -0.387 e. The van der Waals surface area contributed by atoms with Crippen LogP contribution in [0.4, 0.5) is 23.4 Å². The molecule has 8 N–H and O–H groups in total. The third-order valence-corrected chi connectivity index (χ3v) is 9.72. The van der Waals surface area contributed by atoms with E-state index in [1.165, 1.54) is 0 Å². The van der Waals surface area contributed by atoms with Crippen molar-refractivity contribution in [1.82, 2.24) is 19.5 Å². The van der Waals surface area contributed by atoms with E-state index < -0.39 is 84.8 Å². The number of aliphatic hydroxyl groups is 2. The molecule has 0 amide bonds. The predicted molar refractivity (Wildman–Crippen MR) is 118 cm³/mol. The van der Waals surface area contributed by atoms with E-state index >= 15 is 0 Å². The second-order valence-corrected chi connectivity index (χ2v) is 13.5. The SMILES string of the molecule is Nc1ncnc2c1ncn2C1OC(COP(=O)(O)OP(=O)(O)C(F)(F)CCCC(F)(F)P(=O)(O)O)C(O)C1O. The molecule has 0 aromatic carbocycles. The number of phosphoric acid groups is 1. The van der Waals surface area contributed by atoms with E-state index in [2.05, 4.69) is 23.8 Å². The molecule has 222 valence electrons. The largest absolute Gasteiger partial charge is 0.479 e. The van der Waals surface area contributed by atoms with Crippen molar-refractivity contribution in [2.45, 2.75) is 55.1 Å². The van der Waals surface area contributed by atoms with Gasteiger partial charge in [0.2, 0.25) is 0 Å². The topological polar surface area (TPSA) is 270 Å². The van der Waals surface area contributed by atoms with Crippen molar-refractivity contribution in [2.24, 2.45) is 0 Å². The number of hydrogen-bond donors (Lipinski definition) is 7. The van der Waals surface area contributed by atoms with Crippen LogP contribution >= 0.6 is 23.0 Å². The number of ether oxygens (including phenoxy) is 1. The van der Waals surface area contributed by atoms with E-state index in [0.717, 1.165) is 17.2 Å². The molecule has 0 saturated carbocycles. The molecule has 1 aliphatic rings. The Kier molecular flexibility index (Phi) is 9.00. The molecular formula is C15H22F4N5O12P3. The summed E-state index contributed by atoms with van der Waals surface area (Å²) in [6.07, 6.45) is -9.45. The molecule has 1 saturated heterocycles. The summed E-state index contributed by atoms with van der Waals surface area (Å²) in [6.45, 7) is -1.15. The fourth-order valence-electron chi connectivity index (χ4n) is 3.34. The fourth-order valence-corrected chi connectivity index (χ4v) is 6.36. The quantitative estimate of drug-likeness (QED) is 0.126. The van der Waals surface area contributed by atoms with Gasteiger partial charge in [-0.05, 0) is 6.42 Å². The number of imidazole rings is 1. The highest BCUT2D eigenvalue weighted by atomic mass is 31.3. The molecule has 2 aromatic rings. The van der Waals surface area contributed by atoms with Crippen molar-refractivity contribution < 1.29 is 74.6 Å². The zero-order valence-electron chi connectivity index (χ0n) is 19.1.